The summed E-state index contributed by atoms with van der Waals surface area (Å²) in [7, 11) is 1.58. The molecule has 0 bridgehead atoms. The van der Waals surface area contributed by atoms with Crippen LogP contribution in [0.1, 0.15) is 16.7 Å². The summed E-state index contributed by atoms with van der Waals surface area (Å²) in [5.74, 6) is 0.587. The molecule has 184 valence electrons. The molecule has 0 spiro atoms. The maximum atomic E-state index is 14.5. The molecule has 0 saturated heterocycles. The van der Waals surface area contributed by atoms with Gasteiger partial charge in [-0.05, 0) is 48.9 Å². The van der Waals surface area contributed by atoms with E-state index in [9.17, 15) is 18.9 Å². The fourth-order valence-corrected chi connectivity index (χ4v) is 3.92. The maximum Gasteiger partial charge on any atom is 0.274 e. The van der Waals surface area contributed by atoms with Gasteiger partial charge in [0.25, 0.3) is 5.69 Å². The van der Waals surface area contributed by atoms with E-state index in [2.05, 4.69) is 0 Å². The molecule has 4 aromatic carbocycles. The van der Waals surface area contributed by atoms with E-state index in [-0.39, 0.29) is 17.8 Å². The minimum absolute atomic E-state index is 0.0286. The highest BCUT2D eigenvalue weighted by molar-refractivity contribution is 5.62. The Morgan fingerprint density at radius 1 is 0.861 bits per heavy atom. The lowest BCUT2D eigenvalue weighted by Crippen LogP contribution is -2.24. The molecule has 4 rings (SSSR count). The van der Waals surface area contributed by atoms with Crippen molar-refractivity contribution in [3.8, 4) is 17.2 Å². The summed E-state index contributed by atoms with van der Waals surface area (Å²) >= 11 is 0. The van der Waals surface area contributed by atoms with E-state index in [0.29, 0.717) is 35.0 Å². The molecular formula is C28H24F2N2O4. The van der Waals surface area contributed by atoms with E-state index in [0.717, 1.165) is 11.6 Å². The van der Waals surface area contributed by atoms with Gasteiger partial charge in [-0.3, -0.25) is 10.1 Å². The first-order chi connectivity index (χ1) is 17.3. The van der Waals surface area contributed by atoms with Crippen LogP contribution >= 0.6 is 0 Å². The molecule has 0 radical (unpaired) electrons. The summed E-state index contributed by atoms with van der Waals surface area (Å²) in [5, 5.41) is 11.5. The zero-order valence-corrected chi connectivity index (χ0v) is 19.8. The highest BCUT2D eigenvalue weighted by Crippen LogP contribution is 2.32. The predicted octanol–water partition coefficient (Wildman–Crippen LogP) is 7.19. The molecule has 0 aromatic heterocycles. The number of nitro benzene ring substituents is 1. The van der Waals surface area contributed by atoms with Crippen molar-refractivity contribution in [2.24, 2.45) is 0 Å². The first kappa shape index (κ1) is 24.7. The van der Waals surface area contributed by atoms with E-state index in [1.165, 1.54) is 18.2 Å². The van der Waals surface area contributed by atoms with Gasteiger partial charge in [0.1, 0.15) is 28.9 Å². The molecule has 0 fully saturated rings. The van der Waals surface area contributed by atoms with Crippen LogP contribution in [-0.2, 0) is 13.1 Å². The first-order valence-corrected chi connectivity index (χ1v) is 11.2. The summed E-state index contributed by atoms with van der Waals surface area (Å²) in [6, 6.07) is 22.8. The first-order valence-electron chi connectivity index (χ1n) is 11.2. The number of methoxy groups -OCH3 is 1. The van der Waals surface area contributed by atoms with Crippen LogP contribution in [0, 0.1) is 28.7 Å². The van der Waals surface area contributed by atoms with Crippen LogP contribution in [0.15, 0.2) is 84.9 Å². The maximum absolute atomic E-state index is 14.5. The number of ether oxygens (including phenoxy) is 2. The molecule has 0 amide bonds. The third kappa shape index (κ3) is 5.78. The highest BCUT2D eigenvalue weighted by Gasteiger charge is 2.19. The molecule has 0 atom stereocenters. The molecule has 0 unspecified atom stereocenters. The molecule has 0 N–H and O–H groups in total. The van der Waals surface area contributed by atoms with Crippen molar-refractivity contribution in [2.75, 3.05) is 12.0 Å². The SMILES string of the molecule is COc1cccc(Oc2ccc(CN(Cc3ccc(F)cc3F)c3cccc([N+](=O)[O-])c3C)cc2)c1. The van der Waals surface area contributed by atoms with Gasteiger partial charge in [0, 0.05) is 42.5 Å². The number of anilines is 1. The largest absolute Gasteiger partial charge is 0.497 e. The minimum atomic E-state index is -0.676. The Morgan fingerprint density at radius 2 is 1.58 bits per heavy atom. The van der Waals surface area contributed by atoms with Gasteiger partial charge in [0.15, 0.2) is 0 Å². The second-order valence-electron chi connectivity index (χ2n) is 8.20. The van der Waals surface area contributed by atoms with Gasteiger partial charge in [-0.15, -0.1) is 0 Å². The topological polar surface area (TPSA) is 64.8 Å². The van der Waals surface area contributed by atoms with Crippen LogP contribution in [0.3, 0.4) is 0 Å². The Hall–Kier alpha value is -4.46. The molecule has 0 aliphatic heterocycles. The molecule has 0 saturated carbocycles. The molecule has 0 aliphatic rings. The Morgan fingerprint density at radius 3 is 2.28 bits per heavy atom. The van der Waals surface area contributed by atoms with Gasteiger partial charge >= 0.3 is 0 Å². The monoisotopic (exact) mass is 490 g/mol. The van der Waals surface area contributed by atoms with E-state index < -0.39 is 16.6 Å². The fraction of sp³-hybridized carbons (Fsp3) is 0.143. The van der Waals surface area contributed by atoms with Gasteiger partial charge in [0.05, 0.1) is 17.6 Å². The van der Waals surface area contributed by atoms with Crippen molar-refractivity contribution < 1.29 is 23.2 Å². The van der Waals surface area contributed by atoms with Gasteiger partial charge in [0.2, 0.25) is 0 Å². The van der Waals surface area contributed by atoms with Crippen molar-refractivity contribution in [1.82, 2.24) is 0 Å². The predicted molar refractivity (Wildman–Crippen MR) is 134 cm³/mol. The summed E-state index contributed by atoms with van der Waals surface area (Å²) in [6.45, 7) is 2.08. The van der Waals surface area contributed by atoms with E-state index >= 15 is 0 Å². The number of nitro groups is 1. The highest BCUT2D eigenvalue weighted by atomic mass is 19.1. The van der Waals surface area contributed by atoms with Crippen LogP contribution in [-0.4, -0.2) is 12.0 Å². The lowest BCUT2D eigenvalue weighted by molar-refractivity contribution is -0.385. The molecule has 0 heterocycles. The summed E-state index contributed by atoms with van der Waals surface area (Å²) in [4.78, 5) is 12.9. The number of rotatable bonds is 9. The molecule has 8 heteroatoms. The second-order valence-corrected chi connectivity index (χ2v) is 8.20. The number of hydrogen-bond donors (Lipinski definition) is 0. The Bertz CT molecular complexity index is 1380. The van der Waals surface area contributed by atoms with E-state index in [1.54, 1.807) is 32.2 Å². The van der Waals surface area contributed by atoms with E-state index in [1.807, 2.05) is 47.4 Å². The lowest BCUT2D eigenvalue weighted by Gasteiger charge is -2.27. The Balaban J connectivity index is 1.61. The second kappa shape index (κ2) is 10.9. The van der Waals surface area contributed by atoms with Crippen molar-refractivity contribution in [1.29, 1.82) is 0 Å². The standard InChI is InChI=1S/C28H24F2N2O4/c1-19-27(7-4-8-28(19)32(33)34)31(18-21-11-12-22(29)15-26(21)30)17-20-9-13-23(14-10-20)36-25-6-3-5-24(16-25)35-2/h3-16H,17-18H2,1-2H3. The average molecular weight is 491 g/mol. The third-order valence-corrected chi connectivity index (χ3v) is 5.76. The van der Waals surface area contributed by atoms with Crippen molar-refractivity contribution in [3.63, 3.8) is 0 Å². The fourth-order valence-electron chi connectivity index (χ4n) is 3.92. The zero-order chi connectivity index (χ0) is 25.7. The molecule has 36 heavy (non-hydrogen) atoms. The van der Waals surface area contributed by atoms with Crippen molar-refractivity contribution >= 4 is 11.4 Å². The zero-order valence-electron chi connectivity index (χ0n) is 19.8. The molecule has 4 aromatic rings. The molecule has 0 aliphatic carbocycles. The van der Waals surface area contributed by atoms with Gasteiger partial charge in [-0.1, -0.05) is 30.3 Å². The molecular weight excluding hydrogens is 466 g/mol. The lowest BCUT2D eigenvalue weighted by atomic mass is 10.1. The number of halogens is 2. The summed E-state index contributed by atoms with van der Waals surface area (Å²) < 4.78 is 39.1. The van der Waals surface area contributed by atoms with Crippen molar-refractivity contribution in [3.05, 3.63) is 123 Å². The summed E-state index contributed by atoms with van der Waals surface area (Å²) in [5.41, 5.74) is 2.17. The quantitative estimate of drug-likeness (QED) is 0.184. The number of nitrogens with zero attached hydrogens (tertiary/aromatic N) is 2. The van der Waals surface area contributed by atoms with Crippen molar-refractivity contribution in [2.45, 2.75) is 20.0 Å². The van der Waals surface area contributed by atoms with Gasteiger partial charge in [-0.25, -0.2) is 8.78 Å². The third-order valence-electron chi connectivity index (χ3n) is 5.76. The minimum Gasteiger partial charge on any atom is -0.497 e. The summed E-state index contributed by atoms with van der Waals surface area (Å²) in [6.07, 6.45) is 0. The van der Waals surface area contributed by atoms with Crippen LogP contribution in [0.2, 0.25) is 0 Å². The smallest absolute Gasteiger partial charge is 0.274 e. The van der Waals surface area contributed by atoms with Crippen LogP contribution in [0.4, 0.5) is 20.2 Å². The Labute approximate surface area is 207 Å². The number of benzene rings is 4. The van der Waals surface area contributed by atoms with Gasteiger partial charge in [-0.2, -0.15) is 0 Å². The Kier molecular flexibility index (Phi) is 7.44. The van der Waals surface area contributed by atoms with Crippen LogP contribution in [0.25, 0.3) is 0 Å². The average Bonchev–Trinajstić information content (AvgIpc) is 2.86. The van der Waals surface area contributed by atoms with Crippen LogP contribution < -0.4 is 14.4 Å². The van der Waals surface area contributed by atoms with E-state index in [4.69, 9.17) is 9.47 Å². The number of hydrogen-bond acceptors (Lipinski definition) is 5. The van der Waals surface area contributed by atoms with Gasteiger partial charge < -0.3 is 14.4 Å². The normalized spacial score (nSPS) is 10.7. The van der Waals surface area contributed by atoms with Crippen LogP contribution in [0.5, 0.6) is 17.2 Å². The molecule has 6 nitrogen and oxygen atoms in total.